The maximum atomic E-state index is 12.7. The first-order chi connectivity index (χ1) is 14.8. The van der Waals surface area contributed by atoms with E-state index in [0.29, 0.717) is 40.9 Å². The number of hydrogen-bond donors (Lipinski definition) is 1. The van der Waals surface area contributed by atoms with Crippen LogP contribution in [0.2, 0.25) is 0 Å². The minimum atomic E-state index is -1.03. The minimum Gasteiger partial charge on any atom is -0.486 e. The summed E-state index contributed by atoms with van der Waals surface area (Å²) in [6.45, 7) is 2.42. The van der Waals surface area contributed by atoms with E-state index < -0.39 is 18.0 Å². The molecule has 2 aromatic rings. The van der Waals surface area contributed by atoms with E-state index in [2.05, 4.69) is 5.32 Å². The lowest BCUT2D eigenvalue weighted by molar-refractivity contribution is -0.126. The molecule has 8 nitrogen and oxygen atoms in total. The maximum Gasteiger partial charge on any atom is 0.340 e. The fourth-order valence-electron chi connectivity index (χ4n) is 2.67. The highest BCUT2D eigenvalue weighted by Gasteiger charge is 2.22. The number of carbonyl (C=O) groups is 3. The first-order valence-corrected chi connectivity index (χ1v) is 10.7. The van der Waals surface area contributed by atoms with Crippen molar-refractivity contribution < 1.29 is 28.6 Å². The van der Waals surface area contributed by atoms with E-state index in [9.17, 15) is 14.4 Å². The van der Waals surface area contributed by atoms with Crippen molar-refractivity contribution in [2.24, 2.45) is 0 Å². The van der Waals surface area contributed by atoms with Crippen LogP contribution in [-0.2, 0) is 14.3 Å². The molecule has 9 heteroatoms. The molecule has 164 valence electrons. The van der Waals surface area contributed by atoms with Crippen LogP contribution in [0.3, 0.4) is 0 Å². The molecule has 1 aliphatic rings. The molecule has 0 radical (unpaired) electrons. The third-order valence-electron chi connectivity index (χ3n) is 4.42. The summed E-state index contributed by atoms with van der Waals surface area (Å²) in [5.74, 6) is 0.179. The van der Waals surface area contributed by atoms with Gasteiger partial charge in [-0.25, -0.2) is 4.79 Å². The predicted molar refractivity (Wildman–Crippen MR) is 117 cm³/mol. The van der Waals surface area contributed by atoms with Gasteiger partial charge in [-0.2, -0.15) is 0 Å². The zero-order valence-corrected chi connectivity index (χ0v) is 18.4. The first kappa shape index (κ1) is 22.5. The molecule has 0 aliphatic carbocycles. The second-order valence-corrected chi connectivity index (χ2v) is 7.99. The predicted octanol–water partition coefficient (Wildman–Crippen LogP) is 2.82. The molecule has 2 amide bonds. The van der Waals surface area contributed by atoms with Gasteiger partial charge in [-0.1, -0.05) is 12.1 Å². The van der Waals surface area contributed by atoms with E-state index in [1.807, 2.05) is 0 Å². The quantitative estimate of drug-likeness (QED) is 0.518. The van der Waals surface area contributed by atoms with Crippen LogP contribution in [0.25, 0.3) is 0 Å². The van der Waals surface area contributed by atoms with Crippen molar-refractivity contribution in [1.29, 1.82) is 0 Å². The third kappa shape index (κ3) is 5.91. The molecule has 1 aliphatic heterocycles. The Morgan fingerprint density at radius 3 is 2.55 bits per heavy atom. The molecule has 0 fully saturated rings. The summed E-state index contributed by atoms with van der Waals surface area (Å²) in [6, 6.07) is 11.9. The highest BCUT2D eigenvalue weighted by molar-refractivity contribution is 8.00. The van der Waals surface area contributed by atoms with Gasteiger partial charge in [-0.05, 0) is 31.2 Å². The largest absolute Gasteiger partial charge is 0.486 e. The molecular weight excluding hydrogens is 420 g/mol. The van der Waals surface area contributed by atoms with Gasteiger partial charge < -0.3 is 24.4 Å². The molecule has 31 heavy (non-hydrogen) atoms. The summed E-state index contributed by atoms with van der Waals surface area (Å²) < 4.78 is 16.3. The van der Waals surface area contributed by atoms with Crippen LogP contribution >= 0.6 is 11.8 Å². The second kappa shape index (κ2) is 10.2. The lowest BCUT2D eigenvalue weighted by Crippen LogP contribution is -2.30. The molecule has 0 bridgehead atoms. The molecule has 0 saturated heterocycles. The normalized spacial score (nSPS) is 13.1. The standard InChI is InChI=1S/C22H24N2O6S/c1-14(21(26)23-15-8-9-17-18(12-15)29-11-10-28-17)30-22(27)16-6-4-5-7-19(16)31-13-20(25)24(2)3/h4-9,12,14H,10-11,13H2,1-3H3,(H,23,26). The molecule has 3 rings (SSSR count). The Morgan fingerprint density at radius 1 is 1.10 bits per heavy atom. The topological polar surface area (TPSA) is 94.2 Å². The molecule has 1 atom stereocenters. The minimum absolute atomic E-state index is 0.0691. The number of nitrogens with one attached hydrogen (secondary N) is 1. The highest BCUT2D eigenvalue weighted by atomic mass is 32.2. The summed E-state index contributed by atoms with van der Waals surface area (Å²) >= 11 is 1.24. The number of anilines is 1. The zero-order valence-electron chi connectivity index (χ0n) is 17.5. The summed E-state index contributed by atoms with van der Waals surface area (Å²) in [5, 5.41) is 2.71. The maximum absolute atomic E-state index is 12.7. The van der Waals surface area contributed by atoms with E-state index in [1.165, 1.54) is 23.6 Å². The highest BCUT2D eigenvalue weighted by Crippen LogP contribution is 2.32. The van der Waals surface area contributed by atoms with E-state index in [-0.39, 0.29) is 11.7 Å². The van der Waals surface area contributed by atoms with E-state index in [4.69, 9.17) is 14.2 Å². The first-order valence-electron chi connectivity index (χ1n) is 9.68. The van der Waals surface area contributed by atoms with Gasteiger partial charge in [0, 0.05) is 30.7 Å². The van der Waals surface area contributed by atoms with Crippen molar-refractivity contribution in [1.82, 2.24) is 4.90 Å². The fraction of sp³-hybridized carbons (Fsp3) is 0.318. The van der Waals surface area contributed by atoms with Crippen LogP contribution in [0.5, 0.6) is 11.5 Å². The molecule has 1 heterocycles. The van der Waals surface area contributed by atoms with Gasteiger partial charge in [0.15, 0.2) is 17.6 Å². The van der Waals surface area contributed by atoms with Gasteiger partial charge in [-0.15, -0.1) is 11.8 Å². The average Bonchev–Trinajstić information content (AvgIpc) is 2.77. The number of amides is 2. The van der Waals surface area contributed by atoms with Crippen LogP contribution in [-0.4, -0.2) is 61.8 Å². The smallest absolute Gasteiger partial charge is 0.340 e. The summed E-state index contributed by atoms with van der Waals surface area (Å²) in [4.78, 5) is 39.1. The van der Waals surface area contributed by atoms with Crippen molar-refractivity contribution in [3.05, 3.63) is 48.0 Å². The van der Waals surface area contributed by atoms with Crippen molar-refractivity contribution in [3.63, 3.8) is 0 Å². The zero-order chi connectivity index (χ0) is 22.4. The Kier molecular flexibility index (Phi) is 7.41. The Balaban J connectivity index is 1.61. The Morgan fingerprint density at radius 2 is 1.81 bits per heavy atom. The number of carbonyl (C=O) groups excluding carboxylic acids is 3. The number of nitrogens with zero attached hydrogens (tertiary/aromatic N) is 1. The number of benzene rings is 2. The number of thioether (sulfide) groups is 1. The SMILES string of the molecule is CC(OC(=O)c1ccccc1SCC(=O)N(C)C)C(=O)Nc1ccc2c(c1)OCCO2. The molecule has 0 spiro atoms. The van der Waals surface area contributed by atoms with Gasteiger partial charge in [0.05, 0.1) is 11.3 Å². The second-order valence-electron chi connectivity index (χ2n) is 6.97. The Labute approximate surface area is 184 Å². The summed E-state index contributed by atoms with van der Waals surface area (Å²) in [6.07, 6.45) is -1.03. The van der Waals surface area contributed by atoms with Gasteiger partial charge in [0.2, 0.25) is 5.91 Å². The molecule has 0 aromatic heterocycles. The van der Waals surface area contributed by atoms with Gasteiger partial charge in [0.25, 0.3) is 5.91 Å². The summed E-state index contributed by atoms with van der Waals surface area (Å²) in [7, 11) is 3.34. The molecule has 2 aromatic carbocycles. The summed E-state index contributed by atoms with van der Waals surface area (Å²) in [5.41, 5.74) is 0.813. The van der Waals surface area contributed by atoms with E-state index in [0.717, 1.165) is 0 Å². The Hall–Kier alpha value is -3.20. The lowest BCUT2D eigenvalue weighted by Gasteiger charge is -2.19. The number of esters is 1. The van der Waals surface area contributed by atoms with Crippen LogP contribution in [0.15, 0.2) is 47.4 Å². The van der Waals surface area contributed by atoms with Crippen molar-refractivity contribution in [3.8, 4) is 11.5 Å². The molecule has 1 unspecified atom stereocenters. The molecular formula is C22H24N2O6S. The average molecular weight is 445 g/mol. The van der Waals surface area contributed by atoms with Crippen molar-refractivity contribution in [2.45, 2.75) is 17.9 Å². The monoisotopic (exact) mass is 444 g/mol. The van der Waals surface area contributed by atoms with Gasteiger partial charge in [-0.3, -0.25) is 9.59 Å². The van der Waals surface area contributed by atoms with Gasteiger partial charge >= 0.3 is 5.97 Å². The van der Waals surface area contributed by atoms with Gasteiger partial charge in [0.1, 0.15) is 13.2 Å². The lowest BCUT2D eigenvalue weighted by atomic mass is 10.2. The van der Waals surface area contributed by atoms with Crippen LogP contribution in [0, 0.1) is 0 Å². The number of hydrogen-bond acceptors (Lipinski definition) is 7. The molecule has 0 saturated carbocycles. The molecule has 1 N–H and O–H groups in total. The van der Waals surface area contributed by atoms with E-state index >= 15 is 0 Å². The number of rotatable bonds is 7. The fourth-order valence-corrected chi connectivity index (χ4v) is 3.69. The number of fused-ring (bicyclic) bond motifs is 1. The van der Waals surface area contributed by atoms with Crippen LogP contribution in [0.4, 0.5) is 5.69 Å². The number of ether oxygens (including phenoxy) is 3. The Bertz CT molecular complexity index is 978. The van der Waals surface area contributed by atoms with Crippen molar-refractivity contribution >= 4 is 35.2 Å². The van der Waals surface area contributed by atoms with Crippen LogP contribution < -0.4 is 14.8 Å². The van der Waals surface area contributed by atoms with Crippen molar-refractivity contribution in [2.75, 3.05) is 38.4 Å². The third-order valence-corrected chi connectivity index (χ3v) is 5.48. The van der Waals surface area contributed by atoms with E-state index in [1.54, 1.807) is 56.6 Å². The van der Waals surface area contributed by atoms with Crippen LogP contribution in [0.1, 0.15) is 17.3 Å².